The third-order valence-electron chi connectivity index (χ3n) is 4.59. The number of nitrogens with one attached hydrogen (secondary N) is 1. The number of hydrogen-bond acceptors (Lipinski definition) is 7. The zero-order chi connectivity index (χ0) is 21.3. The highest BCUT2D eigenvalue weighted by atomic mass is 32.2. The van der Waals surface area contributed by atoms with E-state index in [0.717, 1.165) is 0 Å². The van der Waals surface area contributed by atoms with Crippen LogP contribution in [0.4, 0.5) is 5.82 Å². The molecule has 1 amide bonds. The van der Waals surface area contributed by atoms with Crippen LogP contribution in [0.15, 0.2) is 76.3 Å². The zero-order valence-corrected chi connectivity index (χ0v) is 16.2. The van der Waals surface area contributed by atoms with Gasteiger partial charge in [-0.3, -0.25) is 14.4 Å². The van der Waals surface area contributed by atoms with Crippen molar-refractivity contribution in [1.29, 1.82) is 0 Å². The first kappa shape index (κ1) is 19.7. The first-order chi connectivity index (χ1) is 14.4. The summed E-state index contributed by atoms with van der Waals surface area (Å²) in [5.74, 6) is -2.10. The number of fused-ring (bicyclic) bond motifs is 1. The molecule has 0 spiro atoms. The van der Waals surface area contributed by atoms with E-state index >= 15 is 0 Å². The molecule has 1 aromatic heterocycles. The van der Waals surface area contributed by atoms with Crippen molar-refractivity contribution in [2.45, 2.75) is 10.9 Å². The van der Waals surface area contributed by atoms with Crippen LogP contribution in [0.5, 0.6) is 0 Å². The van der Waals surface area contributed by atoms with E-state index in [9.17, 15) is 22.8 Å². The Bertz CT molecular complexity index is 1220. The SMILES string of the molecule is O=C(CN1C(C(=O)c2ccccc2)C(=O)c2ccccc2S1(=O)=O)Nc1ccon1. The number of anilines is 1. The van der Waals surface area contributed by atoms with Gasteiger partial charge in [-0.2, -0.15) is 4.31 Å². The van der Waals surface area contributed by atoms with Crippen LogP contribution >= 0.6 is 0 Å². The minimum absolute atomic E-state index is 0.0760. The third kappa shape index (κ3) is 3.42. The average Bonchev–Trinajstić information content (AvgIpc) is 3.25. The van der Waals surface area contributed by atoms with Gasteiger partial charge in [0, 0.05) is 17.2 Å². The van der Waals surface area contributed by atoms with Gasteiger partial charge in [-0.15, -0.1) is 0 Å². The van der Waals surface area contributed by atoms with Crippen molar-refractivity contribution in [2.75, 3.05) is 11.9 Å². The second-order valence-corrected chi connectivity index (χ2v) is 8.34. The van der Waals surface area contributed by atoms with E-state index < -0.39 is 40.1 Å². The van der Waals surface area contributed by atoms with Crippen LogP contribution in [0.25, 0.3) is 0 Å². The van der Waals surface area contributed by atoms with Crippen LogP contribution in [0, 0.1) is 0 Å². The summed E-state index contributed by atoms with van der Waals surface area (Å²) in [6.07, 6.45) is 1.23. The number of carbonyl (C=O) groups excluding carboxylic acids is 3. The van der Waals surface area contributed by atoms with Gasteiger partial charge in [0.1, 0.15) is 6.26 Å². The second kappa shape index (κ2) is 7.65. The standard InChI is InChI=1S/C20H15N3O6S/c24-17(21-16-10-11-29-22-16)12-23-18(19(25)13-6-2-1-3-7-13)20(26)14-8-4-5-9-15(14)30(23,27)28/h1-11,18H,12H2,(H,21,22,24). The Morgan fingerprint density at radius 2 is 1.73 bits per heavy atom. The van der Waals surface area contributed by atoms with E-state index in [4.69, 9.17) is 0 Å². The van der Waals surface area contributed by atoms with Gasteiger partial charge in [-0.05, 0) is 12.1 Å². The fourth-order valence-corrected chi connectivity index (χ4v) is 4.93. The molecule has 1 unspecified atom stereocenters. The molecule has 10 heteroatoms. The number of sulfonamides is 1. The van der Waals surface area contributed by atoms with Crippen LogP contribution in [-0.2, 0) is 14.8 Å². The Hall–Kier alpha value is -3.63. The van der Waals surface area contributed by atoms with E-state index in [0.29, 0.717) is 4.31 Å². The summed E-state index contributed by atoms with van der Waals surface area (Å²) in [6.45, 7) is -0.751. The van der Waals surface area contributed by atoms with Crippen LogP contribution in [-0.4, -0.2) is 47.9 Å². The van der Waals surface area contributed by atoms with Crippen LogP contribution in [0.1, 0.15) is 20.7 Å². The van der Waals surface area contributed by atoms with E-state index in [-0.39, 0.29) is 21.8 Å². The molecule has 1 aliphatic rings. The highest BCUT2D eigenvalue weighted by molar-refractivity contribution is 7.89. The van der Waals surface area contributed by atoms with E-state index in [2.05, 4.69) is 15.0 Å². The summed E-state index contributed by atoms with van der Waals surface area (Å²) in [5, 5.41) is 5.90. The van der Waals surface area contributed by atoms with Crippen molar-refractivity contribution in [1.82, 2.24) is 9.46 Å². The molecule has 0 radical (unpaired) electrons. The molecule has 0 aliphatic carbocycles. The Morgan fingerprint density at radius 3 is 2.43 bits per heavy atom. The molecule has 0 bridgehead atoms. The first-order valence-electron chi connectivity index (χ1n) is 8.84. The number of carbonyl (C=O) groups is 3. The van der Waals surface area contributed by atoms with Crippen molar-refractivity contribution in [2.24, 2.45) is 0 Å². The number of rotatable bonds is 5. The van der Waals surface area contributed by atoms with E-state index in [1.165, 1.54) is 48.7 Å². The Labute approximate surface area is 171 Å². The lowest BCUT2D eigenvalue weighted by molar-refractivity contribution is -0.116. The Balaban J connectivity index is 1.77. The van der Waals surface area contributed by atoms with E-state index in [1.54, 1.807) is 18.2 Å². The number of Topliss-reactive ketones (excluding diaryl/α,β-unsaturated/α-hetero) is 2. The number of nitrogens with zero attached hydrogens (tertiary/aromatic N) is 2. The normalized spacial score (nSPS) is 17.9. The molecule has 1 aliphatic heterocycles. The van der Waals surface area contributed by atoms with Gasteiger partial charge in [-0.1, -0.05) is 47.6 Å². The van der Waals surface area contributed by atoms with Gasteiger partial charge in [0.05, 0.1) is 11.4 Å². The van der Waals surface area contributed by atoms with Gasteiger partial charge in [-0.25, -0.2) is 8.42 Å². The fourth-order valence-electron chi connectivity index (χ4n) is 3.23. The minimum atomic E-state index is -4.30. The summed E-state index contributed by atoms with van der Waals surface area (Å²) < 4.78 is 31.7. The summed E-state index contributed by atoms with van der Waals surface area (Å²) >= 11 is 0. The largest absolute Gasteiger partial charge is 0.363 e. The van der Waals surface area contributed by atoms with Gasteiger partial charge in [0.2, 0.25) is 15.9 Å². The fraction of sp³-hybridized carbons (Fsp3) is 0.100. The summed E-state index contributed by atoms with van der Waals surface area (Å²) in [4.78, 5) is 38.5. The van der Waals surface area contributed by atoms with Crippen molar-refractivity contribution >= 4 is 33.3 Å². The zero-order valence-electron chi connectivity index (χ0n) is 15.4. The van der Waals surface area contributed by atoms with Crippen LogP contribution in [0.3, 0.4) is 0 Å². The van der Waals surface area contributed by atoms with Crippen molar-refractivity contribution in [3.8, 4) is 0 Å². The summed E-state index contributed by atoms with van der Waals surface area (Å²) in [6, 6.07) is 13.1. The van der Waals surface area contributed by atoms with Crippen LogP contribution in [0.2, 0.25) is 0 Å². The maximum absolute atomic E-state index is 13.2. The molecule has 9 nitrogen and oxygen atoms in total. The third-order valence-corrected chi connectivity index (χ3v) is 6.46. The van der Waals surface area contributed by atoms with Crippen molar-refractivity contribution in [3.05, 3.63) is 78.1 Å². The second-order valence-electron chi connectivity index (χ2n) is 6.48. The lowest BCUT2D eigenvalue weighted by Crippen LogP contribution is -2.55. The lowest BCUT2D eigenvalue weighted by Gasteiger charge is -2.33. The smallest absolute Gasteiger partial charge is 0.245 e. The molecule has 2 heterocycles. The molecule has 0 saturated carbocycles. The number of ketones is 2. The molecule has 3 aromatic rings. The Morgan fingerprint density at radius 1 is 1.03 bits per heavy atom. The predicted octanol–water partition coefficient (Wildman–Crippen LogP) is 1.75. The molecule has 152 valence electrons. The first-order valence-corrected chi connectivity index (χ1v) is 10.3. The molecule has 0 saturated heterocycles. The monoisotopic (exact) mass is 425 g/mol. The maximum Gasteiger partial charge on any atom is 0.245 e. The molecule has 0 fully saturated rings. The molecule has 2 aromatic carbocycles. The highest BCUT2D eigenvalue weighted by Crippen LogP contribution is 2.31. The summed E-state index contributed by atoms with van der Waals surface area (Å²) in [7, 11) is -4.30. The summed E-state index contributed by atoms with van der Waals surface area (Å²) in [5.41, 5.74) is 0.0762. The van der Waals surface area contributed by atoms with Gasteiger partial charge in [0.25, 0.3) is 0 Å². The quantitative estimate of drug-likeness (QED) is 0.487. The molecule has 1 N–H and O–H groups in total. The molecular weight excluding hydrogens is 410 g/mol. The topological polar surface area (TPSA) is 127 Å². The maximum atomic E-state index is 13.2. The van der Waals surface area contributed by atoms with Gasteiger partial charge >= 0.3 is 0 Å². The van der Waals surface area contributed by atoms with E-state index in [1.807, 2.05) is 0 Å². The van der Waals surface area contributed by atoms with Gasteiger partial charge < -0.3 is 9.84 Å². The molecule has 4 rings (SSSR count). The minimum Gasteiger partial charge on any atom is -0.363 e. The number of hydrogen-bond donors (Lipinski definition) is 1. The highest BCUT2D eigenvalue weighted by Gasteiger charge is 2.48. The van der Waals surface area contributed by atoms with Crippen molar-refractivity contribution in [3.63, 3.8) is 0 Å². The Kier molecular flexibility index (Phi) is 5.02. The number of amides is 1. The molecule has 30 heavy (non-hydrogen) atoms. The predicted molar refractivity (Wildman–Crippen MR) is 104 cm³/mol. The lowest BCUT2D eigenvalue weighted by atomic mass is 9.96. The van der Waals surface area contributed by atoms with Crippen LogP contribution < -0.4 is 5.32 Å². The number of aromatic nitrogens is 1. The molecular formula is C20H15N3O6S. The van der Waals surface area contributed by atoms with Crippen molar-refractivity contribution < 1.29 is 27.3 Å². The van der Waals surface area contributed by atoms with Gasteiger partial charge in [0.15, 0.2) is 23.4 Å². The average molecular weight is 425 g/mol. The number of benzene rings is 2. The molecule has 1 atom stereocenters.